The Morgan fingerprint density at radius 1 is 0.833 bits per heavy atom. The average Bonchev–Trinajstić information content (AvgIpc) is 2.57. The molecule has 0 saturated heterocycles. The predicted octanol–water partition coefficient (Wildman–Crippen LogP) is 2.70. The number of hydrogen-bond acceptors (Lipinski definition) is 3. The molecule has 0 aliphatic carbocycles. The van der Waals surface area contributed by atoms with E-state index in [1.54, 1.807) is 0 Å². The molecule has 0 amide bonds. The van der Waals surface area contributed by atoms with Crippen molar-refractivity contribution in [3.63, 3.8) is 0 Å². The van der Waals surface area contributed by atoms with Crippen molar-refractivity contribution in [1.29, 1.82) is 0 Å². The van der Waals surface area contributed by atoms with Gasteiger partial charge in [-0.2, -0.15) is 0 Å². The second kappa shape index (κ2) is 5.59. The Morgan fingerprint density at radius 2 is 1.38 bits per heavy atom. The van der Waals surface area contributed by atoms with Crippen LogP contribution in [0.5, 0.6) is 0 Å². The standard InChI is InChI=1S/C15H6F5NO3/c16-9-7(10(17)12(19)13(20)11(9)18)5-21-8-4-2-1-3-6(8)14(22)24-15(21)23/h1-4H,5H2. The summed E-state index contributed by atoms with van der Waals surface area (Å²) in [6.07, 6.45) is 0. The summed E-state index contributed by atoms with van der Waals surface area (Å²) in [6.45, 7) is -1.01. The zero-order valence-corrected chi connectivity index (χ0v) is 11.6. The highest BCUT2D eigenvalue weighted by Crippen LogP contribution is 2.24. The Bertz CT molecular complexity index is 1060. The number of benzene rings is 2. The molecule has 0 aliphatic rings. The zero-order chi connectivity index (χ0) is 17.6. The number of halogens is 5. The van der Waals surface area contributed by atoms with Gasteiger partial charge in [-0.3, -0.25) is 4.57 Å². The van der Waals surface area contributed by atoms with Gasteiger partial charge in [0.15, 0.2) is 23.3 Å². The molecule has 0 radical (unpaired) electrons. The third-order valence-electron chi connectivity index (χ3n) is 3.43. The lowest BCUT2D eigenvalue weighted by atomic mass is 10.1. The SMILES string of the molecule is O=c1oc(=O)n(Cc2c(F)c(F)c(F)c(F)c2F)c2ccccc12. The lowest BCUT2D eigenvalue weighted by molar-refractivity contribution is 0.363. The summed E-state index contributed by atoms with van der Waals surface area (Å²) in [4.78, 5) is 23.4. The highest BCUT2D eigenvalue weighted by Gasteiger charge is 2.26. The highest BCUT2D eigenvalue weighted by atomic mass is 19.2. The molecule has 9 heteroatoms. The molecule has 0 unspecified atom stereocenters. The van der Waals surface area contributed by atoms with Crippen LogP contribution in [0.3, 0.4) is 0 Å². The largest absolute Gasteiger partial charge is 0.422 e. The van der Waals surface area contributed by atoms with Crippen molar-refractivity contribution in [2.45, 2.75) is 6.54 Å². The molecular weight excluding hydrogens is 337 g/mol. The van der Waals surface area contributed by atoms with Gasteiger partial charge in [-0.25, -0.2) is 31.5 Å². The fourth-order valence-corrected chi connectivity index (χ4v) is 2.27. The van der Waals surface area contributed by atoms with Crippen molar-refractivity contribution >= 4 is 10.9 Å². The van der Waals surface area contributed by atoms with E-state index in [4.69, 9.17) is 0 Å². The molecule has 0 spiro atoms. The van der Waals surface area contributed by atoms with E-state index in [0.717, 1.165) is 0 Å². The van der Waals surface area contributed by atoms with E-state index in [9.17, 15) is 31.5 Å². The summed E-state index contributed by atoms with van der Waals surface area (Å²) in [5, 5.41) is -0.0824. The first kappa shape index (κ1) is 15.9. The normalized spacial score (nSPS) is 11.2. The summed E-state index contributed by atoms with van der Waals surface area (Å²) < 4.78 is 72.1. The monoisotopic (exact) mass is 343 g/mol. The van der Waals surface area contributed by atoms with Crippen molar-refractivity contribution in [2.24, 2.45) is 0 Å². The Balaban J connectivity index is 2.30. The first-order chi connectivity index (χ1) is 11.3. The molecule has 24 heavy (non-hydrogen) atoms. The number of hydrogen-bond donors (Lipinski definition) is 0. The van der Waals surface area contributed by atoms with E-state index in [1.807, 2.05) is 0 Å². The maximum Gasteiger partial charge on any atom is 0.422 e. The molecule has 0 bridgehead atoms. The Labute approximate surface area is 129 Å². The molecule has 3 aromatic rings. The van der Waals surface area contributed by atoms with Crippen LogP contribution in [-0.4, -0.2) is 4.57 Å². The number of aromatic nitrogens is 1. The number of fused-ring (bicyclic) bond motifs is 1. The second-order valence-electron chi connectivity index (χ2n) is 4.81. The fourth-order valence-electron chi connectivity index (χ4n) is 2.27. The van der Waals surface area contributed by atoms with Crippen LogP contribution >= 0.6 is 0 Å². The molecule has 4 nitrogen and oxygen atoms in total. The van der Waals surface area contributed by atoms with Crippen LogP contribution in [0.4, 0.5) is 22.0 Å². The van der Waals surface area contributed by atoms with Crippen LogP contribution < -0.4 is 11.4 Å². The molecule has 0 saturated carbocycles. The van der Waals surface area contributed by atoms with Gasteiger partial charge in [-0.15, -0.1) is 0 Å². The summed E-state index contributed by atoms with van der Waals surface area (Å²) in [7, 11) is 0. The van der Waals surface area contributed by atoms with Gasteiger partial charge in [0.2, 0.25) is 5.82 Å². The lowest BCUT2D eigenvalue weighted by Gasteiger charge is -2.11. The minimum absolute atomic E-state index is 0.0670. The molecular formula is C15H6F5NO3. The first-order valence-corrected chi connectivity index (χ1v) is 6.46. The summed E-state index contributed by atoms with van der Waals surface area (Å²) >= 11 is 0. The van der Waals surface area contributed by atoms with Gasteiger partial charge in [-0.1, -0.05) is 12.1 Å². The van der Waals surface area contributed by atoms with E-state index < -0.39 is 52.6 Å². The summed E-state index contributed by atoms with van der Waals surface area (Å²) in [5.41, 5.74) is -2.26. The van der Waals surface area contributed by atoms with Gasteiger partial charge in [0.1, 0.15) is 0 Å². The van der Waals surface area contributed by atoms with Crippen LogP contribution in [-0.2, 0) is 6.54 Å². The number of rotatable bonds is 2. The van der Waals surface area contributed by atoms with Gasteiger partial charge in [-0.05, 0) is 12.1 Å². The van der Waals surface area contributed by atoms with Crippen LogP contribution in [0.25, 0.3) is 10.9 Å². The maximum atomic E-state index is 13.8. The van der Waals surface area contributed by atoms with Crippen molar-refractivity contribution in [2.75, 3.05) is 0 Å². The number of para-hydroxylation sites is 1. The van der Waals surface area contributed by atoms with E-state index >= 15 is 0 Å². The fraction of sp³-hybridized carbons (Fsp3) is 0.0667. The first-order valence-electron chi connectivity index (χ1n) is 6.46. The van der Waals surface area contributed by atoms with Gasteiger partial charge in [0.05, 0.1) is 17.4 Å². The van der Waals surface area contributed by atoms with E-state index in [0.29, 0.717) is 4.57 Å². The second-order valence-corrected chi connectivity index (χ2v) is 4.81. The quantitative estimate of drug-likeness (QED) is 0.408. The third kappa shape index (κ3) is 2.29. The Morgan fingerprint density at radius 3 is 2.00 bits per heavy atom. The van der Waals surface area contributed by atoms with Gasteiger partial charge in [0, 0.05) is 5.56 Å². The van der Waals surface area contributed by atoms with Crippen molar-refractivity contribution < 1.29 is 26.4 Å². The maximum absolute atomic E-state index is 13.8. The lowest BCUT2D eigenvalue weighted by Crippen LogP contribution is -2.26. The predicted molar refractivity (Wildman–Crippen MR) is 72.1 cm³/mol. The zero-order valence-electron chi connectivity index (χ0n) is 11.6. The van der Waals surface area contributed by atoms with Crippen LogP contribution in [0.1, 0.15) is 5.56 Å². The van der Waals surface area contributed by atoms with Crippen molar-refractivity contribution in [3.8, 4) is 0 Å². The number of nitrogens with zero attached hydrogens (tertiary/aromatic N) is 1. The van der Waals surface area contributed by atoms with Crippen LogP contribution in [0, 0.1) is 29.1 Å². The molecule has 1 heterocycles. The van der Waals surface area contributed by atoms with Crippen molar-refractivity contribution in [1.82, 2.24) is 4.57 Å². The molecule has 3 rings (SSSR count). The molecule has 124 valence electrons. The van der Waals surface area contributed by atoms with E-state index in [1.165, 1.54) is 24.3 Å². The van der Waals surface area contributed by atoms with Gasteiger partial charge < -0.3 is 4.42 Å². The Kier molecular flexibility index (Phi) is 3.70. The highest BCUT2D eigenvalue weighted by molar-refractivity contribution is 5.77. The molecule has 2 aromatic carbocycles. The van der Waals surface area contributed by atoms with Crippen LogP contribution in [0.2, 0.25) is 0 Å². The minimum atomic E-state index is -2.30. The van der Waals surface area contributed by atoms with Gasteiger partial charge >= 0.3 is 11.4 Å². The molecule has 0 aliphatic heterocycles. The molecule has 0 N–H and O–H groups in total. The molecule has 1 aromatic heterocycles. The topological polar surface area (TPSA) is 52.2 Å². The smallest absolute Gasteiger partial charge is 0.372 e. The van der Waals surface area contributed by atoms with Crippen LogP contribution in [0.15, 0.2) is 38.3 Å². The van der Waals surface area contributed by atoms with Gasteiger partial charge in [0.25, 0.3) is 0 Å². The summed E-state index contributed by atoms with van der Waals surface area (Å²) in [6, 6.07) is 5.44. The summed E-state index contributed by atoms with van der Waals surface area (Å²) in [5.74, 6) is -12.0. The molecule has 0 fully saturated rings. The average molecular weight is 343 g/mol. The molecule has 0 atom stereocenters. The van der Waals surface area contributed by atoms with Crippen molar-refractivity contribution in [3.05, 3.63) is 79.9 Å². The third-order valence-corrected chi connectivity index (χ3v) is 3.43. The van der Waals surface area contributed by atoms with E-state index in [-0.39, 0.29) is 10.9 Å². The van der Waals surface area contributed by atoms with E-state index in [2.05, 4.69) is 4.42 Å². The minimum Gasteiger partial charge on any atom is -0.372 e. The Hall–Kier alpha value is -2.97.